The third-order valence-electron chi connectivity index (χ3n) is 5.38. The second-order valence-electron chi connectivity index (χ2n) is 6.85. The molecule has 1 aromatic heterocycles. The van der Waals surface area contributed by atoms with Gasteiger partial charge in [-0.2, -0.15) is 0 Å². The van der Waals surface area contributed by atoms with Gasteiger partial charge in [0, 0.05) is 24.4 Å². The van der Waals surface area contributed by atoms with Crippen LogP contribution in [0.15, 0.2) is 30.9 Å². The molecule has 1 aromatic carbocycles. The Balaban J connectivity index is 1.69. The van der Waals surface area contributed by atoms with Crippen LogP contribution in [0, 0.1) is 5.92 Å². The molecule has 2 aliphatic rings. The fourth-order valence-electron chi connectivity index (χ4n) is 4.14. The summed E-state index contributed by atoms with van der Waals surface area (Å²) in [7, 11) is 0. The maximum Gasteiger partial charge on any atom is 0.269 e. The van der Waals surface area contributed by atoms with Crippen LogP contribution >= 0.6 is 23.2 Å². The van der Waals surface area contributed by atoms with E-state index in [4.69, 9.17) is 27.9 Å². The summed E-state index contributed by atoms with van der Waals surface area (Å²) in [6.45, 7) is 1.95. The number of hydrogen-bond acceptors (Lipinski definition) is 4. The molecule has 0 N–H and O–H groups in total. The van der Waals surface area contributed by atoms with E-state index in [2.05, 4.69) is 11.9 Å². The number of rotatable bonds is 4. The molecular weight excluding hydrogens is 387 g/mol. The SMILES string of the molecule is CCC1c2cc(OCC(=O)n3ccnc3)c(Cl)c(Cl)c2C2=CC(=O)CCC21. The van der Waals surface area contributed by atoms with Crippen LogP contribution in [0.2, 0.25) is 10.0 Å². The van der Waals surface area contributed by atoms with Gasteiger partial charge in [0.25, 0.3) is 5.91 Å². The first-order chi connectivity index (χ1) is 13.0. The smallest absolute Gasteiger partial charge is 0.269 e. The first kappa shape index (κ1) is 18.3. The molecule has 0 spiro atoms. The van der Waals surface area contributed by atoms with E-state index in [9.17, 15) is 9.59 Å². The number of aromatic nitrogens is 2. The molecule has 5 nitrogen and oxygen atoms in total. The lowest BCUT2D eigenvalue weighted by atomic mass is 9.81. The topological polar surface area (TPSA) is 61.2 Å². The minimum atomic E-state index is -0.255. The van der Waals surface area contributed by atoms with E-state index in [1.165, 1.54) is 17.1 Å². The Labute approximate surface area is 166 Å². The van der Waals surface area contributed by atoms with Gasteiger partial charge in [0.15, 0.2) is 12.4 Å². The molecule has 2 atom stereocenters. The highest BCUT2D eigenvalue weighted by atomic mass is 35.5. The Kier molecular flexibility index (Phi) is 4.82. The molecule has 140 valence electrons. The maximum atomic E-state index is 12.1. The highest BCUT2D eigenvalue weighted by molar-refractivity contribution is 6.44. The van der Waals surface area contributed by atoms with E-state index in [0.717, 1.165) is 29.5 Å². The first-order valence-electron chi connectivity index (χ1n) is 8.91. The van der Waals surface area contributed by atoms with Crippen molar-refractivity contribution in [2.75, 3.05) is 6.61 Å². The molecule has 0 saturated carbocycles. The van der Waals surface area contributed by atoms with Gasteiger partial charge >= 0.3 is 0 Å². The van der Waals surface area contributed by atoms with Crippen molar-refractivity contribution in [3.63, 3.8) is 0 Å². The van der Waals surface area contributed by atoms with E-state index in [-0.39, 0.29) is 35.2 Å². The summed E-state index contributed by atoms with van der Waals surface area (Å²) >= 11 is 13.0. The molecule has 1 heterocycles. The molecule has 0 bridgehead atoms. The number of halogens is 2. The first-order valence-corrected chi connectivity index (χ1v) is 9.67. The third-order valence-corrected chi connectivity index (χ3v) is 6.23. The largest absolute Gasteiger partial charge is 0.482 e. The zero-order valence-corrected chi connectivity index (χ0v) is 16.3. The molecule has 2 aliphatic carbocycles. The van der Waals surface area contributed by atoms with Gasteiger partial charge in [-0.3, -0.25) is 14.2 Å². The number of fused-ring (bicyclic) bond motifs is 3. The molecular formula is C20H18Cl2N2O3. The van der Waals surface area contributed by atoms with Crippen LogP contribution in [0.25, 0.3) is 5.57 Å². The molecule has 7 heteroatoms. The maximum absolute atomic E-state index is 12.1. The molecule has 27 heavy (non-hydrogen) atoms. The van der Waals surface area contributed by atoms with Crippen LogP contribution in [-0.4, -0.2) is 27.8 Å². The van der Waals surface area contributed by atoms with E-state index in [1.807, 2.05) is 6.07 Å². The molecule has 0 saturated heterocycles. The van der Waals surface area contributed by atoms with Gasteiger partial charge in [-0.1, -0.05) is 30.1 Å². The average molecular weight is 405 g/mol. The Morgan fingerprint density at radius 1 is 1.37 bits per heavy atom. The van der Waals surface area contributed by atoms with Crippen molar-refractivity contribution in [3.05, 3.63) is 52.0 Å². The van der Waals surface area contributed by atoms with Crippen LogP contribution < -0.4 is 4.74 Å². The van der Waals surface area contributed by atoms with Gasteiger partial charge in [-0.05, 0) is 48.0 Å². The van der Waals surface area contributed by atoms with Crippen LogP contribution in [0.4, 0.5) is 0 Å². The van der Waals surface area contributed by atoms with Crippen molar-refractivity contribution in [1.82, 2.24) is 9.55 Å². The van der Waals surface area contributed by atoms with Gasteiger partial charge in [0.05, 0.1) is 5.02 Å². The number of imidazole rings is 1. The van der Waals surface area contributed by atoms with Gasteiger partial charge in [-0.25, -0.2) is 4.98 Å². The average Bonchev–Trinajstić information content (AvgIpc) is 3.29. The summed E-state index contributed by atoms with van der Waals surface area (Å²) in [6, 6.07) is 1.88. The van der Waals surface area contributed by atoms with E-state index in [0.29, 0.717) is 17.2 Å². The number of hydrogen-bond donors (Lipinski definition) is 0. The predicted octanol–water partition coefficient (Wildman–Crippen LogP) is 4.78. The van der Waals surface area contributed by atoms with Crippen molar-refractivity contribution in [2.45, 2.75) is 32.1 Å². The number of allylic oxidation sites excluding steroid dienone is 2. The third kappa shape index (κ3) is 3.09. The van der Waals surface area contributed by atoms with Crippen LogP contribution in [0.1, 0.15) is 48.0 Å². The highest BCUT2D eigenvalue weighted by Gasteiger charge is 2.40. The monoisotopic (exact) mass is 404 g/mol. The number of carbonyl (C=O) groups is 2. The van der Waals surface area contributed by atoms with Gasteiger partial charge < -0.3 is 4.74 Å². The quantitative estimate of drug-likeness (QED) is 0.735. The van der Waals surface area contributed by atoms with Crippen molar-refractivity contribution in [2.24, 2.45) is 5.92 Å². The zero-order valence-electron chi connectivity index (χ0n) is 14.7. The molecule has 0 aliphatic heterocycles. The molecule has 0 amide bonds. The highest BCUT2D eigenvalue weighted by Crippen LogP contribution is 2.56. The summed E-state index contributed by atoms with van der Waals surface area (Å²) < 4.78 is 7.04. The van der Waals surface area contributed by atoms with E-state index < -0.39 is 0 Å². The summed E-state index contributed by atoms with van der Waals surface area (Å²) in [4.78, 5) is 27.9. The van der Waals surface area contributed by atoms with E-state index >= 15 is 0 Å². The zero-order chi connectivity index (χ0) is 19.1. The number of ether oxygens (including phenoxy) is 1. The van der Waals surface area contributed by atoms with Crippen molar-refractivity contribution >= 4 is 40.5 Å². The molecule has 2 aromatic rings. The minimum Gasteiger partial charge on any atom is -0.482 e. The lowest BCUT2D eigenvalue weighted by Gasteiger charge is -2.22. The molecule has 0 radical (unpaired) electrons. The van der Waals surface area contributed by atoms with Gasteiger partial charge in [0.2, 0.25) is 0 Å². The molecule has 0 fully saturated rings. The predicted molar refractivity (Wildman–Crippen MR) is 104 cm³/mol. The normalized spacial score (nSPS) is 20.9. The lowest BCUT2D eigenvalue weighted by molar-refractivity contribution is -0.115. The Hall–Kier alpha value is -2.11. The van der Waals surface area contributed by atoms with Crippen molar-refractivity contribution in [1.29, 1.82) is 0 Å². The van der Waals surface area contributed by atoms with E-state index in [1.54, 1.807) is 12.3 Å². The summed E-state index contributed by atoms with van der Waals surface area (Å²) in [5.74, 6) is 0.800. The summed E-state index contributed by atoms with van der Waals surface area (Å²) in [5.41, 5.74) is 2.89. The second kappa shape index (κ2) is 7.13. The Bertz CT molecular complexity index is 951. The van der Waals surface area contributed by atoms with Crippen LogP contribution in [0.3, 0.4) is 0 Å². The lowest BCUT2D eigenvalue weighted by Crippen LogP contribution is -2.18. The molecule has 2 unspecified atom stereocenters. The number of ketones is 1. The Morgan fingerprint density at radius 3 is 2.89 bits per heavy atom. The number of carbonyl (C=O) groups excluding carboxylic acids is 2. The van der Waals surface area contributed by atoms with Gasteiger partial charge in [0.1, 0.15) is 17.1 Å². The standard InChI is InChI=1S/C20H18Cl2N2O3/c1-2-12-13-4-3-11(25)7-14(13)18-15(12)8-16(19(21)20(18)22)27-9-17(26)24-6-5-23-10-24/h5-8,10,12-13H,2-4,9H2,1H3. The number of benzene rings is 1. The minimum absolute atomic E-state index is 0.127. The second-order valence-corrected chi connectivity index (χ2v) is 7.60. The summed E-state index contributed by atoms with van der Waals surface area (Å²) in [5, 5.41) is 0.657. The fraction of sp³-hybridized carbons (Fsp3) is 0.350. The van der Waals surface area contributed by atoms with Crippen molar-refractivity contribution in [3.8, 4) is 5.75 Å². The van der Waals surface area contributed by atoms with Gasteiger partial charge in [-0.15, -0.1) is 0 Å². The Morgan fingerprint density at radius 2 is 2.19 bits per heavy atom. The number of nitrogens with zero attached hydrogens (tertiary/aromatic N) is 2. The summed E-state index contributed by atoms with van der Waals surface area (Å²) in [6.07, 6.45) is 8.53. The molecule has 4 rings (SSSR count). The van der Waals surface area contributed by atoms with Crippen LogP contribution in [0.5, 0.6) is 5.75 Å². The van der Waals surface area contributed by atoms with Crippen LogP contribution in [-0.2, 0) is 4.79 Å². The fourth-order valence-corrected chi connectivity index (χ4v) is 4.65. The van der Waals surface area contributed by atoms with Crippen molar-refractivity contribution < 1.29 is 14.3 Å².